The normalized spacial score (nSPS) is 36.6. The third kappa shape index (κ3) is 2.19. The monoisotopic (exact) mass is 345 g/mol. The van der Waals surface area contributed by atoms with Crippen molar-refractivity contribution in [3.63, 3.8) is 0 Å². The first-order valence-corrected chi connectivity index (χ1v) is 6.76. The van der Waals surface area contributed by atoms with Crippen LogP contribution in [-0.4, -0.2) is 47.9 Å². The lowest BCUT2D eigenvalue weighted by Gasteiger charge is -2.42. The van der Waals surface area contributed by atoms with Gasteiger partial charge in [0.2, 0.25) is 5.54 Å². The van der Waals surface area contributed by atoms with Crippen LogP contribution in [0.5, 0.6) is 0 Å². The van der Waals surface area contributed by atoms with Crippen LogP contribution in [0.1, 0.15) is 6.42 Å². The van der Waals surface area contributed by atoms with Crippen LogP contribution in [-0.2, 0) is 4.74 Å². The van der Waals surface area contributed by atoms with Gasteiger partial charge in [-0.3, -0.25) is 5.32 Å². The summed E-state index contributed by atoms with van der Waals surface area (Å²) in [7, 11) is 0. The molecule has 0 aromatic heterocycles. The van der Waals surface area contributed by atoms with Gasteiger partial charge >= 0.3 is 12.4 Å². The van der Waals surface area contributed by atoms with E-state index in [0.29, 0.717) is 0 Å². The van der Waals surface area contributed by atoms with Crippen LogP contribution in [0, 0.1) is 5.92 Å². The highest BCUT2D eigenvalue weighted by molar-refractivity contribution is 6.22. The Labute approximate surface area is 120 Å². The maximum Gasteiger partial charge on any atom is 0.415 e. The van der Waals surface area contributed by atoms with Crippen molar-refractivity contribution < 1.29 is 31.1 Å². The van der Waals surface area contributed by atoms with E-state index in [0.717, 1.165) is 0 Å². The second-order valence-electron chi connectivity index (χ2n) is 4.86. The van der Waals surface area contributed by atoms with Gasteiger partial charge in [-0.1, -0.05) is 0 Å². The van der Waals surface area contributed by atoms with E-state index in [9.17, 15) is 26.3 Å². The molecule has 2 fully saturated rings. The minimum atomic E-state index is -5.48. The Kier molecular flexibility index (Phi) is 4.17. The van der Waals surface area contributed by atoms with Crippen molar-refractivity contribution in [1.82, 2.24) is 5.32 Å². The van der Waals surface area contributed by atoms with Gasteiger partial charge in [-0.15, -0.1) is 23.2 Å². The fraction of sp³-hybridized carbons (Fsp3) is 1.00. The summed E-state index contributed by atoms with van der Waals surface area (Å²) < 4.78 is 83.3. The molecule has 1 aliphatic carbocycles. The summed E-state index contributed by atoms with van der Waals surface area (Å²) in [5.74, 6) is -1.71. The van der Waals surface area contributed by atoms with Crippen molar-refractivity contribution in [2.75, 3.05) is 12.5 Å². The van der Waals surface area contributed by atoms with Crippen molar-refractivity contribution in [3.8, 4) is 0 Å². The van der Waals surface area contributed by atoms with Crippen molar-refractivity contribution >= 4 is 23.2 Å². The fourth-order valence-corrected chi connectivity index (χ4v) is 3.66. The van der Waals surface area contributed by atoms with Gasteiger partial charge in [0, 0.05) is 11.8 Å². The van der Waals surface area contributed by atoms with E-state index >= 15 is 0 Å². The zero-order valence-electron chi connectivity index (χ0n) is 9.86. The van der Waals surface area contributed by atoms with Crippen LogP contribution in [0.25, 0.3) is 0 Å². The summed E-state index contributed by atoms with van der Waals surface area (Å²) in [6, 6.07) is -1.20. The molecular weight excluding hydrogens is 335 g/mol. The molecule has 20 heavy (non-hydrogen) atoms. The van der Waals surface area contributed by atoms with Crippen molar-refractivity contribution in [1.29, 1.82) is 0 Å². The second-order valence-corrected chi connectivity index (χ2v) is 5.74. The van der Waals surface area contributed by atoms with Gasteiger partial charge in [0.25, 0.3) is 0 Å². The average Bonchev–Trinajstić information content (AvgIpc) is 2.75. The standard InChI is InChI=1S/C10H11Cl2F6NO/c11-1-2-20-5-3-4-6(12)7(5)19-8(4,9(13,14)15)10(16,17)18/h4-7,19H,1-3H2. The molecule has 2 bridgehead atoms. The van der Waals surface area contributed by atoms with Gasteiger partial charge in [0.05, 0.1) is 24.1 Å². The van der Waals surface area contributed by atoms with Gasteiger partial charge in [0.15, 0.2) is 0 Å². The molecule has 0 spiro atoms. The van der Waals surface area contributed by atoms with E-state index in [1.807, 2.05) is 0 Å². The summed E-state index contributed by atoms with van der Waals surface area (Å²) in [5, 5.41) is 0.350. The lowest BCUT2D eigenvalue weighted by atomic mass is 9.82. The average molecular weight is 346 g/mol. The SMILES string of the molecule is FC(F)(F)C1(C(F)(F)F)NC2C(OCCCl)CC1C2Cl. The van der Waals surface area contributed by atoms with E-state index in [1.54, 1.807) is 5.32 Å². The predicted molar refractivity (Wildman–Crippen MR) is 60.0 cm³/mol. The predicted octanol–water partition coefficient (Wildman–Crippen LogP) is 3.07. The molecule has 10 heteroatoms. The van der Waals surface area contributed by atoms with Crippen molar-refractivity contribution in [2.45, 2.75) is 41.8 Å². The molecular formula is C10H11Cl2F6NO. The molecule has 0 amide bonds. The molecule has 4 atom stereocenters. The highest BCUT2D eigenvalue weighted by Crippen LogP contribution is 2.58. The van der Waals surface area contributed by atoms with Crippen LogP contribution in [0.4, 0.5) is 26.3 Å². The van der Waals surface area contributed by atoms with Crippen LogP contribution in [0.3, 0.4) is 0 Å². The summed E-state index contributed by atoms with van der Waals surface area (Å²) in [4.78, 5) is 0. The number of rotatable bonds is 3. The van der Waals surface area contributed by atoms with Crippen molar-refractivity contribution in [2.24, 2.45) is 5.92 Å². The number of nitrogens with one attached hydrogen (secondary N) is 1. The largest absolute Gasteiger partial charge is 0.415 e. The summed E-state index contributed by atoms with van der Waals surface area (Å²) in [6.45, 7) is 0.0474. The quantitative estimate of drug-likeness (QED) is 0.627. The molecule has 1 heterocycles. The summed E-state index contributed by atoms with van der Waals surface area (Å²) in [6.07, 6.45) is -12.1. The zero-order valence-corrected chi connectivity index (χ0v) is 11.4. The van der Waals surface area contributed by atoms with Gasteiger partial charge in [-0.05, 0) is 6.42 Å². The van der Waals surface area contributed by atoms with Gasteiger partial charge in [-0.2, -0.15) is 26.3 Å². The maximum absolute atomic E-state index is 13.0. The topological polar surface area (TPSA) is 21.3 Å². The minimum absolute atomic E-state index is 0.0474. The van der Waals surface area contributed by atoms with E-state index < -0.39 is 47.8 Å². The molecule has 1 saturated heterocycles. The lowest BCUT2D eigenvalue weighted by molar-refractivity contribution is -0.321. The molecule has 2 nitrogen and oxygen atoms in total. The van der Waals surface area contributed by atoms with Gasteiger partial charge in [0.1, 0.15) is 0 Å². The number of hydrogen-bond donors (Lipinski definition) is 1. The molecule has 0 aromatic rings. The number of piperidine rings is 1. The third-order valence-electron chi connectivity index (χ3n) is 3.87. The Balaban J connectivity index is 2.29. The third-order valence-corrected chi connectivity index (χ3v) is 4.60. The molecule has 2 aliphatic rings. The molecule has 1 N–H and O–H groups in total. The first kappa shape index (κ1) is 16.5. The Morgan fingerprint density at radius 2 is 1.70 bits per heavy atom. The molecule has 1 saturated carbocycles. The Hall–Kier alpha value is 0.0800. The number of hydrogen-bond acceptors (Lipinski definition) is 2. The second kappa shape index (κ2) is 5.07. The highest BCUT2D eigenvalue weighted by Gasteiger charge is 2.81. The van der Waals surface area contributed by atoms with Gasteiger partial charge < -0.3 is 4.74 Å². The highest BCUT2D eigenvalue weighted by atomic mass is 35.5. The Morgan fingerprint density at radius 1 is 1.15 bits per heavy atom. The minimum Gasteiger partial charge on any atom is -0.375 e. The summed E-state index contributed by atoms with van der Waals surface area (Å²) >= 11 is 11.2. The van der Waals surface area contributed by atoms with Crippen LogP contribution in [0.15, 0.2) is 0 Å². The van der Waals surface area contributed by atoms with Gasteiger partial charge in [-0.25, -0.2) is 0 Å². The maximum atomic E-state index is 13.0. The van der Waals surface area contributed by atoms with E-state index in [-0.39, 0.29) is 12.5 Å². The number of alkyl halides is 8. The fourth-order valence-electron chi connectivity index (χ4n) is 3.05. The van der Waals surface area contributed by atoms with E-state index in [2.05, 4.69) is 0 Å². The molecule has 0 aromatic carbocycles. The lowest BCUT2D eigenvalue weighted by Crippen LogP contribution is -2.70. The Bertz CT molecular complexity index is 360. The molecule has 4 unspecified atom stereocenters. The van der Waals surface area contributed by atoms with E-state index in [1.165, 1.54) is 0 Å². The number of halogens is 8. The Morgan fingerprint density at radius 3 is 2.05 bits per heavy atom. The number of ether oxygens (including phenoxy) is 1. The molecule has 1 aliphatic heterocycles. The van der Waals surface area contributed by atoms with E-state index in [4.69, 9.17) is 27.9 Å². The smallest absolute Gasteiger partial charge is 0.375 e. The molecule has 2 rings (SSSR count). The van der Waals surface area contributed by atoms with Crippen molar-refractivity contribution in [3.05, 3.63) is 0 Å². The first-order valence-electron chi connectivity index (χ1n) is 5.79. The molecule has 118 valence electrons. The number of fused-ring (bicyclic) bond motifs is 2. The van der Waals surface area contributed by atoms with Crippen LogP contribution < -0.4 is 5.32 Å². The molecule has 0 radical (unpaired) electrons. The van der Waals surface area contributed by atoms with Crippen LogP contribution >= 0.6 is 23.2 Å². The zero-order chi connectivity index (χ0) is 15.3. The first-order chi connectivity index (χ1) is 9.06. The summed E-state index contributed by atoms with van der Waals surface area (Å²) in [5.41, 5.74) is -3.96. The van der Waals surface area contributed by atoms with Crippen LogP contribution in [0.2, 0.25) is 0 Å².